The van der Waals surface area contributed by atoms with Crippen molar-refractivity contribution in [1.29, 1.82) is 0 Å². The van der Waals surface area contributed by atoms with Gasteiger partial charge in [0.15, 0.2) is 11.6 Å². The van der Waals surface area contributed by atoms with Gasteiger partial charge in [0.2, 0.25) is 11.9 Å². The van der Waals surface area contributed by atoms with Crippen LogP contribution in [0.15, 0.2) is 15.5 Å². The van der Waals surface area contributed by atoms with Crippen LogP contribution in [-0.4, -0.2) is 13.2 Å². The smallest absolute Gasteiger partial charge is 0.235 e. The molecule has 1 aromatic rings. The Hall–Kier alpha value is -1.26. The van der Waals surface area contributed by atoms with Crippen molar-refractivity contribution >= 4 is 22.0 Å². The van der Waals surface area contributed by atoms with Crippen LogP contribution in [0.2, 0.25) is 0 Å². The summed E-state index contributed by atoms with van der Waals surface area (Å²) in [7, 11) is 1.25. The van der Waals surface area contributed by atoms with E-state index >= 15 is 0 Å². The van der Waals surface area contributed by atoms with E-state index in [0.717, 1.165) is 0 Å². The maximum absolute atomic E-state index is 13.7. The molecule has 2 rings (SSSR count). The van der Waals surface area contributed by atoms with Crippen LogP contribution < -0.4 is 4.74 Å². The number of hydrogen-bond acceptors (Lipinski definition) is 3. The Kier molecular flexibility index (Phi) is 3.02. The fourth-order valence-electron chi connectivity index (χ4n) is 1.77. The Labute approximate surface area is 105 Å². The zero-order valence-electron chi connectivity index (χ0n) is 8.89. The Morgan fingerprint density at radius 3 is 2.59 bits per heavy atom. The first-order valence-corrected chi connectivity index (χ1v) is 5.66. The molecule has 0 unspecified atom stereocenters. The third kappa shape index (κ3) is 1.87. The van der Waals surface area contributed by atoms with E-state index in [-0.39, 0.29) is 10.2 Å². The molecule has 0 aromatic heterocycles. The van der Waals surface area contributed by atoms with Gasteiger partial charge < -0.3 is 4.74 Å². The number of benzene rings is 1. The summed E-state index contributed by atoms with van der Waals surface area (Å²) in [5, 5.41) is 0. The number of hydrogen-bond donors (Lipinski definition) is 0. The van der Waals surface area contributed by atoms with E-state index in [0.29, 0.717) is 18.4 Å². The van der Waals surface area contributed by atoms with Crippen molar-refractivity contribution < 1.29 is 18.3 Å². The van der Waals surface area contributed by atoms with Crippen molar-refractivity contribution in [1.82, 2.24) is 0 Å². The standard InChI is InChI=1S/C11H8BrF2NO2/c1-17-10-6(11(2-3-11)15-5-16)4-7(12)8(13)9(10)14/h4H,2-3H2,1H3. The molecule has 0 saturated heterocycles. The number of carbonyl (C=O) groups excluding carboxylic acids is 1. The zero-order valence-corrected chi connectivity index (χ0v) is 10.5. The van der Waals surface area contributed by atoms with Gasteiger partial charge in [0.1, 0.15) is 5.54 Å². The fraction of sp³-hybridized carbons (Fsp3) is 0.364. The Morgan fingerprint density at radius 1 is 1.47 bits per heavy atom. The zero-order chi connectivity index (χ0) is 12.6. The van der Waals surface area contributed by atoms with E-state index in [1.54, 1.807) is 0 Å². The van der Waals surface area contributed by atoms with Crippen LogP contribution in [0.4, 0.5) is 8.78 Å². The van der Waals surface area contributed by atoms with Gasteiger partial charge in [-0.05, 0) is 34.8 Å². The first kappa shape index (κ1) is 12.2. The van der Waals surface area contributed by atoms with Crippen molar-refractivity contribution in [3.8, 4) is 5.75 Å². The molecule has 0 radical (unpaired) electrons. The van der Waals surface area contributed by atoms with Gasteiger partial charge in [-0.1, -0.05) is 0 Å². The number of aliphatic imine (C=N–C) groups is 1. The molecule has 0 N–H and O–H groups in total. The van der Waals surface area contributed by atoms with Gasteiger partial charge in [-0.25, -0.2) is 9.18 Å². The van der Waals surface area contributed by atoms with Crippen LogP contribution >= 0.6 is 15.9 Å². The molecule has 1 aliphatic rings. The Morgan fingerprint density at radius 2 is 2.12 bits per heavy atom. The number of isocyanates is 1. The van der Waals surface area contributed by atoms with E-state index in [1.165, 1.54) is 19.3 Å². The first-order chi connectivity index (χ1) is 8.05. The van der Waals surface area contributed by atoms with Crippen molar-refractivity contribution in [3.63, 3.8) is 0 Å². The normalized spacial score (nSPS) is 16.2. The van der Waals surface area contributed by atoms with Crippen LogP contribution in [-0.2, 0) is 10.3 Å². The molecule has 1 saturated carbocycles. The Balaban J connectivity index is 2.66. The highest BCUT2D eigenvalue weighted by Crippen LogP contribution is 2.53. The number of halogens is 3. The van der Waals surface area contributed by atoms with E-state index in [2.05, 4.69) is 20.9 Å². The summed E-state index contributed by atoms with van der Waals surface area (Å²) >= 11 is 2.92. The molecule has 0 amide bonds. The molecule has 0 atom stereocenters. The lowest BCUT2D eigenvalue weighted by atomic mass is 10.0. The monoisotopic (exact) mass is 303 g/mol. The third-order valence-corrected chi connectivity index (χ3v) is 3.38. The number of nitrogens with zero attached hydrogens (tertiary/aromatic N) is 1. The fourth-order valence-corrected chi connectivity index (χ4v) is 2.17. The second-order valence-corrected chi connectivity index (χ2v) is 4.66. The summed E-state index contributed by atoms with van der Waals surface area (Å²) in [5.41, 5.74) is -0.432. The van der Waals surface area contributed by atoms with Gasteiger partial charge in [0.05, 0.1) is 11.6 Å². The first-order valence-electron chi connectivity index (χ1n) is 4.87. The molecule has 3 nitrogen and oxygen atoms in total. The minimum atomic E-state index is -1.08. The van der Waals surface area contributed by atoms with Crippen molar-refractivity contribution in [3.05, 3.63) is 27.7 Å². The summed E-state index contributed by atoms with van der Waals surface area (Å²) in [6.07, 6.45) is 2.65. The van der Waals surface area contributed by atoms with E-state index in [4.69, 9.17) is 4.74 Å². The summed E-state index contributed by atoms with van der Waals surface area (Å²) in [5.74, 6) is -2.30. The predicted molar refractivity (Wildman–Crippen MR) is 59.6 cm³/mol. The second-order valence-electron chi connectivity index (χ2n) is 3.80. The summed E-state index contributed by atoms with van der Waals surface area (Å²) in [6, 6.07) is 1.39. The molecule has 1 aliphatic carbocycles. The van der Waals surface area contributed by atoms with Crippen LogP contribution in [0, 0.1) is 11.6 Å². The lowest BCUT2D eigenvalue weighted by Gasteiger charge is -2.15. The lowest BCUT2D eigenvalue weighted by Crippen LogP contribution is -2.08. The SMILES string of the molecule is COc1c(C2(N=C=O)CC2)cc(Br)c(F)c1F. The number of rotatable bonds is 3. The van der Waals surface area contributed by atoms with Gasteiger partial charge in [0.25, 0.3) is 0 Å². The minimum absolute atomic E-state index is 0.0156. The van der Waals surface area contributed by atoms with Crippen molar-refractivity contribution in [2.45, 2.75) is 18.4 Å². The van der Waals surface area contributed by atoms with Gasteiger partial charge >= 0.3 is 0 Å². The van der Waals surface area contributed by atoms with Gasteiger partial charge in [0, 0.05) is 5.56 Å². The molecular weight excluding hydrogens is 296 g/mol. The number of methoxy groups -OCH3 is 1. The van der Waals surface area contributed by atoms with Gasteiger partial charge in [-0.2, -0.15) is 9.38 Å². The second kappa shape index (κ2) is 4.20. The molecule has 0 spiro atoms. The topological polar surface area (TPSA) is 38.7 Å². The molecular formula is C11H8BrF2NO2. The average molecular weight is 304 g/mol. The highest BCUT2D eigenvalue weighted by Gasteiger charge is 2.48. The maximum Gasteiger partial charge on any atom is 0.235 e. The van der Waals surface area contributed by atoms with Crippen LogP contribution in [0.1, 0.15) is 18.4 Å². The molecule has 0 bridgehead atoms. The Bertz CT molecular complexity index is 523. The number of ether oxygens (including phenoxy) is 1. The van der Waals surface area contributed by atoms with Crippen LogP contribution in [0.5, 0.6) is 5.75 Å². The third-order valence-electron chi connectivity index (χ3n) is 2.81. The maximum atomic E-state index is 13.7. The average Bonchev–Trinajstić information content (AvgIpc) is 3.07. The molecule has 6 heteroatoms. The van der Waals surface area contributed by atoms with Crippen LogP contribution in [0.25, 0.3) is 0 Å². The lowest BCUT2D eigenvalue weighted by molar-refractivity contribution is 0.361. The highest BCUT2D eigenvalue weighted by atomic mass is 79.9. The summed E-state index contributed by atoms with van der Waals surface area (Å²) in [4.78, 5) is 14.0. The predicted octanol–water partition coefficient (Wildman–Crippen LogP) is 3.06. The highest BCUT2D eigenvalue weighted by molar-refractivity contribution is 9.10. The molecule has 0 heterocycles. The molecule has 0 aliphatic heterocycles. The molecule has 1 fully saturated rings. The summed E-state index contributed by atoms with van der Waals surface area (Å²) < 4.78 is 31.8. The van der Waals surface area contributed by atoms with Crippen molar-refractivity contribution in [2.75, 3.05) is 7.11 Å². The molecule has 90 valence electrons. The van der Waals surface area contributed by atoms with Gasteiger partial charge in [-0.15, -0.1) is 0 Å². The van der Waals surface area contributed by atoms with E-state index in [9.17, 15) is 13.6 Å². The van der Waals surface area contributed by atoms with E-state index in [1.807, 2.05) is 0 Å². The summed E-state index contributed by atoms with van der Waals surface area (Å²) in [6.45, 7) is 0. The molecule has 1 aromatic carbocycles. The molecule has 17 heavy (non-hydrogen) atoms. The van der Waals surface area contributed by atoms with E-state index < -0.39 is 17.2 Å². The largest absolute Gasteiger partial charge is 0.493 e. The quantitative estimate of drug-likeness (QED) is 0.489. The minimum Gasteiger partial charge on any atom is -0.493 e. The van der Waals surface area contributed by atoms with Crippen molar-refractivity contribution in [2.24, 2.45) is 4.99 Å². The van der Waals surface area contributed by atoms with Crippen LogP contribution in [0.3, 0.4) is 0 Å². The van der Waals surface area contributed by atoms with Gasteiger partial charge in [-0.3, -0.25) is 0 Å².